The fourth-order valence-corrected chi connectivity index (χ4v) is 9.68. The highest BCUT2D eigenvalue weighted by molar-refractivity contribution is 5.33. The molecule has 0 spiro atoms. The van der Waals surface area contributed by atoms with E-state index in [2.05, 4.69) is 255 Å². The number of rotatable bonds is 0. The van der Waals surface area contributed by atoms with E-state index >= 15 is 0 Å². The Kier molecular flexibility index (Phi) is 27.7. The highest BCUT2D eigenvalue weighted by Gasteiger charge is 2.36. The van der Waals surface area contributed by atoms with Gasteiger partial charge in [0.05, 0.1) is 23.3 Å². The standard InChI is InChI=1S/C13H21NO.C13H21N.2C12H20N2O.2C12H20N2.CH4/c1-12(2,3)10-8-7-9-14(15)11(10)13(4,5)6;1-12(2,3)10-8-7-9-14-11(10)13(4,5)6;1-11(2,3)9-7-13-8-14(15)10(9)12(4,5)6;1-11(2,3)9-10(12(4,5)6)14(15)8-7-13-9;1-11(2,3)9-7-13-8-14-10(9)12(4,5)6;1-11(2,3)9-10(12(4,5)6)14-8-7-13-9;/h7-9H,1-6H3;7-9H,1-6H3;2*7-8H,1-6H3;2*7-8H,1-6H3;1H4. The van der Waals surface area contributed by atoms with Gasteiger partial charge < -0.3 is 15.6 Å². The first kappa shape index (κ1) is 82.0. The van der Waals surface area contributed by atoms with Gasteiger partial charge in [0.15, 0.2) is 12.4 Å². The minimum Gasteiger partial charge on any atom is -0.711 e. The molecule has 6 rings (SSSR count). The molecule has 0 aliphatic rings. The second-order valence-corrected chi connectivity index (χ2v) is 35.5. The van der Waals surface area contributed by atoms with Crippen molar-refractivity contribution in [3.05, 3.63) is 170 Å². The third kappa shape index (κ3) is 25.1. The molecular weight excluding hydrogens is 1090 g/mol. The van der Waals surface area contributed by atoms with E-state index in [0.717, 1.165) is 65.2 Å². The van der Waals surface area contributed by atoms with Gasteiger partial charge >= 0.3 is 0 Å². The molecule has 0 aliphatic heterocycles. The molecule has 0 fully saturated rings. The largest absolute Gasteiger partial charge is 0.711 e. The second-order valence-electron chi connectivity index (χ2n) is 35.5. The molecule has 0 bridgehead atoms. The van der Waals surface area contributed by atoms with E-state index in [-0.39, 0.29) is 72.4 Å². The maximum Gasteiger partial charge on any atom is 0.289 e. The summed E-state index contributed by atoms with van der Waals surface area (Å²) in [6.07, 6.45) is 16.8. The van der Waals surface area contributed by atoms with Gasteiger partial charge in [-0.05, 0) is 44.9 Å². The highest BCUT2D eigenvalue weighted by atomic mass is 16.5. The predicted octanol–water partition coefficient (Wildman–Crippen LogP) is 18.0. The lowest BCUT2D eigenvalue weighted by Crippen LogP contribution is -2.42. The van der Waals surface area contributed by atoms with Crippen LogP contribution in [0.5, 0.6) is 0 Å². The zero-order chi connectivity index (χ0) is 68.5. The Labute approximate surface area is 538 Å². The number of aromatic nitrogens is 10. The molecule has 0 saturated carbocycles. The average molecular weight is 1220 g/mol. The van der Waals surface area contributed by atoms with Crippen LogP contribution in [0, 0.1) is 15.6 Å². The van der Waals surface area contributed by atoms with Gasteiger partial charge in [-0.15, -0.1) is 0 Å². The SMILES string of the molecule is C.CC(C)(C)c1ccc[n+]([O-])c1C(C)(C)C.CC(C)(C)c1cccnc1C(C)(C)C.CC(C)(C)c1cnc[n+]([O-])c1C(C)(C)C.CC(C)(C)c1cncnc1C(C)(C)C.CC(C)(C)c1ncc[n+]([O-])c1C(C)(C)C.CC(C)(C)c1nccnc1C(C)(C)C. The lowest BCUT2D eigenvalue weighted by atomic mass is 9.78. The summed E-state index contributed by atoms with van der Waals surface area (Å²) < 4.78 is 2.83. The molecule has 0 unspecified atom stereocenters. The Hall–Kier alpha value is -5.98. The molecule has 6 aromatic heterocycles. The first-order valence-electron chi connectivity index (χ1n) is 31.1. The van der Waals surface area contributed by atoms with E-state index in [4.69, 9.17) is 0 Å². The van der Waals surface area contributed by atoms with Crippen LogP contribution in [0.25, 0.3) is 0 Å². The Morgan fingerprint density at radius 3 is 0.920 bits per heavy atom. The molecule has 494 valence electrons. The predicted molar refractivity (Wildman–Crippen MR) is 371 cm³/mol. The zero-order valence-corrected chi connectivity index (χ0v) is 61.8. The second kappa shape index (κ2) is 29.8. The molecule has 0 radical (unpaired) electrons. The smallest absolute Gasteiger partial charge is 0.289 e. The van der Waals surface area contributed by atoms with Crippen LogP contribution in [0.4, 0.5) is 0 Å². The zero-order valence-electron chi connectivity index (χ0n) is 61.8. The van der Waals surface area contributed by atoms with E-state index in [9.17, 15) is 15.6 Å². The van der Waals surface area contributed by atoms with Gasteiger partial charge in [-0.1, -0.05) is 268 Å². The van der Waals surface area contributed by atoms with Gasteiger partial charge in [0.25, 0.3) is 6.33 Å². The van der Waals surface area contributed by atoms with E-state index in [1.807, 2.05) is 66.1 Å². The summed E-state index contributed by atoms with van der Waals surface area (Å²) in [6.45, 7) is 76.9. The summed E-state index contributed by atoms with van der Waals surface area (Å²) in [5.74, 6) is 0. The van der Waals surface area contributed by atoms with Crippen molar-refractivity contribution in [3.63, 3.8) is 0 Å². The molecule has 0 saturated heterocycles. The molecule has 0 amide bonds. The van der Waals surface area contributed by atoms with E-state index in [1.165, 1.54) is 29.3 Å². The monoisotopic (exact) mass is 1220 g/mol. The van der Waals surface area contributed by atoms with Crippen LogP contribution < -0.4 is 14.2 Å². The topological polar surface area (TPSA) is 171 Å². The lowest BCUT2D eigenvalue weighted by molar-refractivity contribution is -0.622. The molecule has 13 heteroatoms. The fraction of sp³-hybridized carbons (Fsp3) is 0.653. The van der Waals surface area contributed by atoms with Crippen LogP contribution in [-0.2, 0) is 65.0 Å². The summed E-state index contributed by atoms with van der Waals surface area (Å²) in [5.41, 5.74) is 12.7. The Bertz CT molecular complexity index is 2680. The third-order valence-electron chi connectivity index (χ3n) is 13.8. The number of nitrogens with zero attached hydrogens (tertiary/aromatic N) is 10. The van der Waals surface area contributed by atoms with Crippen molar-refractivity contribution in [1.29, 1.82) is 0 Å². The number of hydrogen-bond acceptors (Lipinski definition) is 10. The summed E-state index contributed by atoms with van der Waals surface area (Å²) in [4.78, 5) is 30.3. The Morgan fingerprint density at radius 1 is 0.273 bits per heavy atom. The van der Waals surface area contributed by atoms with Gasteiger partial charge in [-0.2, -0.15) is 9.46 Å². The van der Waals surface area contributed by atoms with Crippen LogP contribution in [0.1, 0.15) is 324 Å². The molecular formula is C75H126N10O3. The molecule has 13 nitrogen and oxygen atoms in total. The molecule has 88 heavy (non-hydrogen) atoms. The highest BCUT2D eigenvalue weighted by Crippen LogP contribution is 2.36. The van der Waals surface area contributed by atoms with Crippen LogP contribution in [0.3, 0.4) is 0 Å². The molecule has 6 aromatic rings. The third-order valence-corrected chi connectivity index (χ3v) is 13.8. The van der Waals surface area contributed by atoms with Gasteiger partial charge in [0.1, 0.15) is 23.9 Å². The van der Waals surface area contributed by atoms with E-state index < -0.39 is 0 Å². The normalized spacial score (nSPS) is 12.8. The first-order chi connectivity index (χ1) is 38.6. The average Bonchev–Trinajstić information content (AvgIpc) is 1.57. The summed E-state index contributed by atoms with van der Waals surface area (Å²) in [5, 5.41) is 35.4. The molecule has 0 aromatic carbocycles. The minimum atomic E-state index is -0.182. The van der Waals surface area contributed by atoms with Crippen molar-refractivity contribution in [2.24, 2.45) is 0 Å². The first-order valence-corrected chi connectivity index (χ1v) is 31.1. The Balaban J connectivity index is 0.00000103. The van der Waals surface area contributed by atoms with Crippen LogP contribution >= 0.6 is 0 Å². The molecule has 0 atom stereocenters. The van der Waals surface area contributed by atoms with Crippen LogP contribution in [0.2, 0.25) is 0 Å². The maximum absolute atomic E-state index is 11.9. The van der Waals surface area contributed by atoms with Crippen LogP contribution in [-0.4, -0.2) is 34.9 Å². The minimum absolute atomic E-state index is 0. The van der Waals surface area contributed by atoms with Crippen molar-refractivity contribution in [3.8, 4) is 0 Å². The summed E-state index contributed by atoms with van der Waals surface area (Å²) >= 11 is 0. The van der Waals surface area contributed by atoms with Crippen molar-refractivity contribution in [2.75, 3.05) is 0 Å². The van der Waals surface area contributed by atoms with E-state index in [0.29, 0.717) is 0 Å². The van der Waals surface area contributed by atoms with Gasteiger partial charge in [-0.25, -0.2) is 19.7 Å². The molecule has 0 aliphatic carbocycles. The van der Waals surface area contributed by atoms with Crippen molar-refractivity contribution in [1.82, 2.24) is 34.9 Å². The lowest BCUT2D eigenvalue weighted by Gasteiger charge is -2.28. The van der Waals surface area contributed by atoms with Crippen molar-refractivity contribution >= 4 is 0 Å². The van der Waals surface area contributed by atoms with Crippen molar-refractivity contribution in [2.45, 2.75) is 322 Å². The summed E-state index contributed by atoms with van der Waals surface area (Å²) in [7, 11) is 0. The van der Waals surface area contributed by atoms with Gasteiger partial charge in [-0.3, -0.25) is 15.0 Å². The molecule has 6 heterocycles. The quantitative estimate of drug-likeness (QED) is 0.105. The van der Waals surface area contributed by atoms with Crippen LogP contribution in [0.15, 0.2) is 86.5 Å². The number of pyridine rings is 2. The Morgan fingerprint density at radius 2 is 0.602 bits per heavy atom. The number of hydrogen-bond donors (Lipinski definition) is 0. The van der Waals surface area contributed by atoms with Crippen molar-refractivity contribution < 1.29 is 14.2 Å². The maximum atomic E-state index is 11.9. The van der Waals surface area contributed by atoms with Gasteiger partial charge in [0.2, 0.25) is 11.4 Å². The molecule has 0 N–H and O–H groups in total. The van der Waals surface area contributed by atoms with Gasteiger partial charge in [0, 0.05) is 91.0 Å². The van der Waals surface area contributed by atoms with E-state index in [1.54, 1.807) is 37.3 Å². The fourth-order valence-electron chi connectivity index (χ4n) is 9.68. The summed E-state index contributed by atoms with van der Waals surface area (Å²) in [6, 6.07) is 8.08.